The molecule has 0 aliphatic rings. The van der Waals surface area contributed by atoms with E-state index in [0.717, 1.165) is 11.1 Å². The number of esters is 1. The first-order chi connectivity index (χ1) is 14.0. The van der Waals surface area contributed by atoms with Crippen molar-refractivity contribution < 1.29 is 23.8 Å². The van der Waals surface area contributed by atoms with Crippen LogP contribution in [0.1, 0.15) is 48.7 Å². The summed E-state index contributed by atoms with van der Waals surface area (Å²) in [6.07, 6.45) is 0.873. The van der Waals surface area contributed by atoms with Gasteiger partial charge < -0.3 is 19.5 Å². The zero-order valence-electron chi connectivity index (χ0n) is 17.5. The second-order valence-electron chi connectivity index (χ2n) is 6.45. The Morgan fingerprint density at radius 1 is 0.897 bits per heavy atom. The van der Waals surface area contributed by atoms with Gasteiger partial charge in [-0.2, -0.15) is 0 Å². The molecule has 0 saturated heterocycles. The summed E-state index contributed by atoms with van der Waals surface area (Å²) in [5.41, 5.74) is 2.90. The molecule has 156 valence electrons. The average molecular weight is 399 g/mol. The third-order valence-electron chi connectivity index (χ3n) is 4.27. The van der Waals surface area contributed by atoms with Gasteiger partial charge in [-0.25, -0.2) is 4.79 Å². The number of aryl methyl sites for hydroxylation is 2. The number of hydrogen-bond acceptors (Lipinski definition) is 5. The molecule has 0 radical (unpaired) electrons. The molecule has 29 heavy (non-hydrogen) atoms. The Morgan fingerprint density at radius 3 is 2.31 bits per heavy atom. The predicted molar refractivity (Wildman–Crippen MR) is 113 cm³/mol. The van der Waals surface area contributed by atoms with Crippen LogP contribution in [-0.2, 0) is 16.0 Å². The lowest BCUT2D eigenvalue weighted by molar-refractivity contribution is -0.116. The number of rotatable bonds is 10. The Labute approximate surface area is 172 Å². The third kappa shape index (κ3) is 6.52. The van der Waals surface area contributed by atoms with E-state index in [1.54, 1.807) is 25.1 Å². The first-order valence-corrected chi connectivity index (χ1v) is 9.94. The Kier molecular flexibility index (Phi) is 8.52. The molecular weight excluding hydrogens is 370 g/mol. The van der Waals surface area contributed by atoms with Crippen LogP contribution in [0.3, 0.4) is 0 Å². The van der Waals surface area contributed by atoms with Gasteiger partial charge >= 0.3 is 5.97 Å². The topological polar surface area (TPSA) is 73.9 Å². The van der Waals surface area contributed by atoms with Crippen molar-refractivity contribution in [2.75, 3.05) is 25.1 Å². The highest BCUT2D eigenvalue weighted by Crippen LogP contribution is 2.29. The molecule has 0 unspecified atom stereocenters. The first-order valence-electron chi connectivity index (χ1n) is 9.94. The number of benzene rings is 2. The fourth-order valence-corrected chi connectivity index (χ4v) is 2.82. The molecule has 6 heteroatoms. The molecule has 0 atom stereocenters. The molecule has 1 N–H and O–H groups in total. The van der Waals surface area contributed by atoms with E-state index in [9.17, 15) is 9.59 Å². The molecular formula is C23H29NO5. The Morgan fingerprint density at radius 2 is 1.62 bits per heavy atom. The number of carbonyl (C=O) groups excluding carboxylic acids is 2. The van der Waals surface area contributed by atoms with Crippen LogP contribution in [0, 0.1) is 6.92 Å². The van der Waals surface area contributed by atoms with Crippen LogP contribution < -0.4 is 14.8 Å². The van der Waals surface area contributed by atoms with E-state index >= 15 is 0 Å². The molecule has 0 fully saturated rings. The summed E-state index contributed by atoms with van der Waals surface area (Å²) in [5, 5.41) is 2.89. The highest BCUT2D eigenvalue weighted by atomic mass is 16.5. The molecule has 2 aromatic rings. The maximum absolute atomic E-state index is 12.4. The summed E-state index contributed by atoms with van der Waals surface area (Å²) < 4.78 is 16.2. The van der Waals surface area contributed by atoms with E-state index in [0.29, 0.717) is 55.4 Å². The highest BCUT2D eigenvalue weighted by molar-refractivity contribution is 5.95. The van der Waals surface area contributed by atoms with Gasteiger partial charge in [0, 0.05) is 12.1 Å². The molecule has 1 amide bonds. The fourth-order valence-electron chi connectivity index (χ4n) is 2.82. The molecule has 2 rings (SSSR count). The van der Waals surface area contributed by atoms with Crippen LogP contribution >= 0.6 is 0 Å². The van der Waals surface area contributed by atoms with Gasteiger partial charge in [-0.3, -0.25) is 4.79 Å². The second-order valence-corrected chi connectivity index (χ2v) is 6.45. The third-order valence-corrected chi connectivity index (χ3v) is 4.27. The van der Waals surface area contributed by atoms with E-state index in [1.807, 2.05) is 39.0 Å². The molecule has 0 bridgehead atoms. The number of nitrogens with one attached hydrogen (secondary N) is 1. The van der Waals surface area contributed by atoms with Gasteiger partial charge in [-0.05, 0) is 69.5 Å². The van der Waals surface area contributed by atoms with E-state index in [1.165, 1.54) is 0 Å². The summed E-state index contributed by atoms with van der Waals surface area (Å²) in [4.78, 5) is 24.3. The minimum atomic E-state index is -0.402. The SMILES string of the molecule is CCOC(=O)c1ccc(C)c(NC(=O)CCc2ccc(OCC)c(OCC)c2)c1. The first kappa shape index (κ1) is 22.3. The number of anilines is 1. The minimum absolute atomic E-state index is 0.124. The van der Waals surface area contributed by atoms with Gasteiger partial charge in [0.05, 0.1) is 25.4 Å². The molecule has 0 aliphatic carbocycles. The van der Waals surface area contributed by atoms with E-state index in [-0.39, 0.29) is 5.91 Å². The van der Waals surface area contributed by atoms with Crippen LogP contribution in [0.5, 0.6) is 11.5 Å². The standard InChI is InChI=1S/C23H29NO5/c1-5-27-20-12-9-17(14-21(20)28-6-2)10-13-22(25)24-19-15-18(11-8-16(19)4)23(26)29-7-3/h8-9,11-12,14-15H,5-7,10,13H2,1-4H3,(H,24,25). The van der Waals surface area contributed by atoms with Crippen LogP contribution in [0.15, 0.2) is 36.4 Å². The lowest BCUT2D eigenvalue weighted by Gasteiger charge is -2.13. The van der Waals surface area contributed by atoms with Crippen molar-refractivity contribution in [1.82, 2.24) is 0 Å². The van der Waals surface area contributed by atoms with Crippen LogP contribution in [0.25, 0.3) is 0 Å². The normalized spacial score (nSPS) is 10.3. The quantitative estimate of drug-likeness (QED) is 0.594. The van der Waals surface area contributed by atoms with Crippen molar-refractivity contribution >= 4 is 17.6 Å². The second kappa shape index (κ2) is 11.1. The van der Waals surface area contributed by atoms with Gasteiger partial charge in [0.25, 0.3) is 0 Å². The van der Waals surface area contributed by atoms with Gasteiger partial charge in [0.2, 0.25) is 5.91 Å². The summed E-state index contributed by atoms with van der Waals surface area (Å²) in [6.45, 7) is 8.89. The highest BCUT2D eigenvalue weighted by Gasteiger charge is 2.12. The van der Waals surface area contributed by atoms with Gasteiger partial charge in [0.15, 0.2) is 11.5 Å². The van der Waals surface area contributed by atoms with Crippen molar-refractivity contribution in [2.45, 2.75) is 40.5 Å². The van der Waals surface area contributed by atoms with Crippen molar-refractivity contribution in [3.63, 3.8) is 0 Å². The minimum Gasteiger partial charge on any atom is -0.490 e. The molecule has 2 aromatic carbocycles. The lowest BCUT2D eigenvalue weighted by atomic mass is 10.1. The zero-order valence-corrected chi connectivity index (χ0v) is 17.5. The van der Waals surface area contributed by atoms with E-state index < -0.39 is 5.97 Å². The van der Waals surface area contributed by atoms with Crippen molar-refractivity contribution in [3.05, 3.63) is 53.1 Å². The van der Waals surface area contributed by atoms with Gasteiger partial charge in [0.1, 0.15) is 0 Å². The van der Waals surface area contributed by atoms with Crippen LogP contribution in [-0.4, -0.2) is 31.7 Å². The summed E-state index contributed by atoms with van der Waals surface area (Å²) in [6, 6.07) is 10.9. The average Bonchev–Trinajstić information content (AvgIpc) is 2.70. The molecule has 0 aromatic heterocycles. The number of hydrogen-bond donors (Lipinski definition) is 1. The largest absolute Gasteiger partial charge is 0.490 e. The van der Waals surface area contributed by atoms with E-state index in [2.05, 4.69) is 5.32 Å². The molecule has 6 nitrogen and oxygen atoms in total. The van der Waals surface area contributed by atoms with Gasteiger partial charge in [-0.1, -0.05) is 12.1 Å². The van der Waals surface area contributed by atoms with Crippen LogP contribution in [0.4, 0.5) is 5.69 Å². The number of ether oxygens (including phenoxy) is 3. The molecule has 0 saturated carbocycles. The maximum Gasteiger partial charge on any atom is 0.338 e. The lowest BCUT2D eigenvalue weighted by Crippen LogP contribution is -2.14. The molecule has 0 aliphatic heterocycles. The summed E-state index contributed by atoms with van der Waals surface area (Å²) in [7, 11) is 0. The Balaban J connectivity index is 2.02. The number of carbonyl (C=O) groups is 2. The summed E-state index contributed by atoms with van der Waals surface area (Å²) >= 11 is 0. The number of amides is 1. The Hall–Kier alpha value is -3.02. The Bertz CT molecular complexity index is 847. The molecule has 0 heterocycles. The van der Waals surface area contributed by atoms with Crippen molar-refractivity contribution in [2.24, 2.45) is 0 Å². The summed E-state index contributed by atoms with van der Waals surface area (Å²) in [5.74, 6) is 0.862. The monoisotopic (exact) mass is 399 g/mol. The van der Waals surface area contributed by atoms with Crippen molar-refractivity contribution in [1.29, 1.82) is 0 Å². The fraction of sp³-hybridized carbons (Fsp3) is 0.391. The molecule has 0 spiro atoms. The predicted octanol–water partition coefficient (Wildman–Crippen LogP) is 4.54. The van der Waals surface area contributed by atoms with E-state index in [4.69, 9.17) is 14.2 Å². The maximum atomic E-state index is 12.4. The van der Waals surface area contributed by atoms with Gasteiger partial charge in [-0.15, -0.1) is 0 Å². The smallest absolute Gasteiger partial charge is 0.338 e. The zero-order chi connectivity index (χ0) is 21.2. The van der Waals surface area contributed by atoms with Crippen LogP contribution in [0.2, 0.25) is 0 Å². The van der Waals surface area contributed by atoms with Crippen molar-refractivity contribution in [3.8, 4) is 11.5 Å².